The highest BCUT2D eigenvalue weighted by Crippen LogP contribution is 2.24. The lowest BCUT2D eigenvalue weighted by Crippen LogP contribution is -2.17. The molecule has 0 radical (unpaired) electrons. The maximum Gasteiger partial charge on any atom is 0.324 e. The lowest BCUT2D eigenvalue weighted by molar-refractivity contribution is -0.380. The fourth-order valence-electron chi connectivity index (χ4n) is 1.78. The van der Waals surface area contributed by atoms with Crippen molar-refractivity contribution < 1.29 is 4.92 Å². The van der Waals surface area contributed by atoms with E-state index in [0.29, 0.717) is 12.1 Å². The largest absolute Gasteiger partial charge is 0.324 e. The Kier molecular flexibility index (Phi) is 4.45. The van der Waals surface area contributed by atoms with Crippen LogP contribution in [0.5, 0.6) is 0 Å². The average Bonchev–Trinajstić information content (AvgIpc) is 2.94. The fraction of sp³-hybridized carbons (Fsp3) is 0.214. The minimum Gasteiger partial charge on any atom is -0.305 e. The van der Waals surface area contributed by atoms with Crippen molar-refractivity contribution >= 4 is 16.3 Å². The van der Waals surface area contributed by atoms with Crippen molar-refractivity contribution in [1.82, 2.24) is 5.32 Å². The molecule has 0 saturated carbocycles. The molecule has 2 rings (SSSR count). The van der Waals surface area contributed by atoms with Gasteiger partial charge < -0.3 is 5.32 Å². The Labute approximate surface area is 120 Å². The summed E-state index contributed by atoms with van der Waals surface area (Å²) in [6.45, 7) is 2.60. The van der Waals surface area contributed by atoms with E-state index < -0.39 is 0 Å². The maximum absolute atomic E-state index is 10.6. The summed E-state index contributed by atoms with van der Waals surface area (Å²) < 4.78 is 0. The summed E-state index contributed by atoms with van der Waals surface area (Å²) in [6, 6.07) is 12.9. The second-order valence-corrected chi connectivity index (χ2v) is 5.48. The number of nitriles is 1. The monoisotopic (exact) mass is 287 g/mol. The molecule has 0 spiro atoms. The van der Waals surface area contributed by atoms with Crippen molar-refractivity contribution in [3.05, 3.63) is 62.5 Å². The van der Waals surface area contributed by atoms with E-state index in [1.165, 1.54) is 17.4 Å². The highest BCUT2D eigenvalue weighted by Gasteiger charge is 2.11. The summed E-state index contributed by atoms with van der Waals surface area (Å²) in [7, 11) is 0. The zero-order chi connectivity index (χ0) is 14.5. The van der Waals surface area contributed by atoms with Crippen molar-refractivity contribution in [1.29, 1.82) is 5.26 Å². The first-order chi connectivity index (χ1) is 9.60. The van der Waals surface area contributed by atoms with Gasteiger partial charge in [-0.25, -0.2) is 0 Å². The first kappa shape index (κ1) is 14.2. The highest BCUT2D eigenvalue weighted by atomic mass is 32.1. The molecule has 0 bridgehead atoms. The Morgan fingerprint density at radius 1 is 1.35 bits per heavy atom. The van der Waals surface area contributed by atoms with Crippen LogP contribution >= 0.6 is 11.3 Å². The third-order valence-electron chi connectivity index (χ3n) is 2.95. The smallest absolute Gasteiger partial charge is 0.305 e. The average molecular weight is 287 g/mol. The molecular weight excluding hydrogens is 274 g/mol. The molecule has 20 heavy (non-hydrogen) atoms. The molecule has 1 aromatic heterocycles. The number of hydrogen-bond donors (Lipinski definition) is 1. The van der Waals surface area contributed by atoms with Gasteiger partial charge in [-0.3, -0.25) is 10.1 Å². The summed E-state index contributed by atoms with van der Waals surface area (Å²) >= 11 is 1.18. The molecule has 0 fully saturated rings. The van der Waals surface area contributed by atoms with E-state index in [2.05, 4.69) is 11.4 Å². The van der Waals surface area contributed by atoms with Crippen molar-refractivity contribution in [3.8, 4) is 6.07 Å². The molecule has 1 unspecified atom stereocenters. The number of nitrogens with one attached hydrogen (secondary N) is 1. The van der Waals surface area contributed by atoms with Gasteiger partial charge in [0.2, 0.25) is 0 Å². The molecule has 0 aliphatic heterocycles. The van der Waals surface area contributed by atoms with Gasteiger partial charge in [0.1, 0.15) is 0 Å². The Morgan fingerprint density at radius 3 is 2.60 bits per heavy atom. The van der Waals surface area contributed by atoms with Crippen LogP contribution in [0.25, 0.3) is 0 Å². The Balaban J connectivity index is 1.95. The second-order valence-electron chi connectivity index (χ2n) is 4.33. The second kappa shape index (κ2) is 6.28. The van der Waals surface area contributed by atoms with Gasteiger partial charge in [0.05, 0.1) is 16.6 Å². The lowest BCUT2D eigenvalue weighted by atomic mass is 10.1. The first-order valence-electron chi connectivity index (χ1n) is 6.06. The quantitative estimate of drug-likeness (QED) is 0.675. The van der Waals surface area contributed by atoms with Gasteiger partial charge in [-0.2, -0.15) is 5.26 Å². The summed E-state index contributed by atoms with van der Waals surface area (Å²) in [5.74, 6) is 0. The summed E-state index contributed by atoms with van der Waals surface area (Å²) in [4.78, 5) is 11.2. The molecule has 0 aliphatic rings. The van der Waals surface area contributed by atoms with E-state index >= 15 is 0 Å². The molecule has 1 aromatic carbocycles. The molecule has 5 nitrogen and oxygen atoms in total. The van der Waals surface area contributed by atoms with E-state index in [0.717, 1.165) is 10.4 Å². The third kappa shape index (κ3) is 3.41. The molecule has 2 aromatic rings. The molecule has 1 atom stereocenters. The van der Waals surface area contributed by atoms with E-state index in [4.69, 9.17) is 5.26 Å². The van der Waals surface area contributed by atoms with Gasteiger partial charge in [0.25, 0.3) is 0 Å². The summed E-state index contributed by atoms with van der Waals surface area (Å²) in [6.07, 6.45) is 0. The Bertz CT molecular complexity index is 643. The molecule has 0 aliphatic carbocycles. The maximum atomic E-state index is 10.6. The third-order valence-corrected chi connectivity index (χ3v) is 3.99. The standard InChI is InChI=1S/C14H13N3O2S/c1-10(12-4-2-11(8-15)3-5-12)16-9-13-6-7-14(20-13)17(18)19/h2-7,10,16H,9H2,1H3. The van der Waals surface area contributed by atoms with Crippen LogP contribution in [0.15, 0.2) is 36.4 Å². The summed E-state index contributed by atoms with van der Waals surface area (Å²) in [5.41, 5.74) is 1.71. The van der Waals surface area contributed by atoms with Crippen LogP contribution in [-0.4, -0.2) is 4.92 Å². The van der Waals surface area contributed by atoms with Gasteiger partial charge in [-0.05, 0) is 30.7 Å². The van der Waals surface area contributed by atoms with Crippen LogP contribution in [0.2, 0.25) is 0 Å². The predicted octanol–water partition coefficient (Wildman–Crippen LogP) is 3.38. The highest BCUT2D eigenvalue weighted by molar-refractivity contribution is 7.15. The van der Waals surface area contributed by atoms with Gasteiger partial charge in [0.15, 0.2) is 0 Å². The summed E-state index contributed by atoms with van der Waals surface area (Å²) in [5, 5.41) is 22.8. The number of benzene rings is 1. The van der Waals surface area contributed by atoms with Gasteiger partial charge in [0, 0.05) is 23.5 Å². The SMILES string of the molecule is CC(NCc1ccc([N+](=O)[O-])s1)c1ccc(C#N)cc1. The lowest BCUT2D eigenvalue weighted by Gasteiger charge is -2.13. The molecule has 1 N–H and O–H groups in total. The number of hydrogen-bond acceptors (Lipinski definition) is 5. The topological polar surface area (TPSA) is 79.0 Å². The van der Waals surface area contributed by atoms with Crippen LogP contribution in [0.4, 0.5) is 5.00 Å². The van der Waals surface area contributed by atoms with Crippen molar-refractivity contribution in [3.63, 3.8) is 0 Å². The van der Waals surface area contributed by atoms with Gasteiger partial charge in [-0.15, -0.1) is 0 Å². The molecule has 1 heterocycles. The molecule has 102 valence electrons. The Morgan fingerprint density at radius 2 is 2.05 bits per heavy atom. The minimum absolute atomic E-state index is 0.115. The van der Waals surface area contributed by atoms with E-state index in [-0.39, 0.29) is 16.0 Å². The van der Waals surface area contributed by atoms with Crippen molar-refractivity contribution in [2.24, 2.45) is 0 Å². The van der Waals surface area contributed by atoms with Crippen LogP contribution in [0, 0.1) is 21.4 Å². The zero-order valence-electron chi connectivity index (χ0n) is 10.9. The molecule has 0 amide bonds. The molecule has 6 heteroatoms. The van der Waals surface area contributed by atoms with Crippen LogP contribution in [0.3, 0.4) is 0 Å². The van der Waals surface area contributed by atoms with E-state index in [9.17, 15) is 10.1 Å². The van der Waals surface area contributed by atoms with Crippen molar-refractivity contribution in [2.45, 2.75) is 19.5 Å². The number of nitrogens with zero attached hydrogens (tertiary/aromatic N) is 2. The van der Waals surface area contributed by atoms with E-state index in [1.54, 1.807) is 18.2 Å². The Hall–Kier alpha value is -2.23. The number of nitro groups is 1. The van der Waals surface area contributed by atoms with Crippen LogP contribution < -0.4 is 5.32 Å². The van der Waals surface area contributed by atoms with Crippen molar-refractivity contribution in [2.75, 3.05) is 0 Å². The zero-order valence-corrected chi connectivity index (χ0v) is 11.7. The minimum atomic E-state index is -0.377. The number of thiophene rings is 1. The van der Waals surface area contributed by atoms with Crippen LogP contribution in [-0.2, 0) is 6.54 Å². The van der Waals surface area contributed by atoms with Gasteiger partial charge >= 0.3 is 5.00 Å². The fourth-order valence-corrected chi connectivity index (χ4v) is 2.55. The van der Waals surface area contributed by atoms with Gasteiger partial charge in [-0.1, -0.05) is 23.5 Å². The normalized spacial score (nSPS) is 11.8. The van der Waals surface area contributed by atoms with E-state index in [1.807, 2.05) is 19.1 Å². The van der Waals surface area contributed by atoms with Crippen LogP contribution in [0.1, 0.15) is 29.0 Å². The molecule has 0 saturated heterocycles. The molecular formula is C14H13N3O2S. The predicted molar refractivity (Wildman–Crippen MR) is 77.4 cm³/mol. The number of rotatable bonds is 5. The first-order valence-corrected chi connectivity index (χ1v) is 6.88.